The summed E-state index contributed by atoms with van der Waals surface area (Å²) in [5.74, 6) is -1.38. The van der Waals surface area contributed by atoms with E-state index < -0.39 is 23.9 Å². The van der Waals surface area contributed by atoms with Crippen molar-refractivity contribution in [1.82, 2.24) is 16.0 Å². The quantitative estimate of drug-likeness (QED) is 0.371. The minimum absolute atomic E-state index is 0.244. The van der Waals surface area contributed by atoms with E-state index in [9.17, 15) is 14.4 Å². The number of nitrogens with one attached hydrogen (secondary N) is 3. The summed E-state index contributed by atoms with van der Waals surface area (Å²) < 4.78 is 0. The predicted octanol–water partition coefficient (Wildman–Crippen LogP) is -0.935. The Morgan fingerprint density at radius 2 is 1.65 bits per heavy atom. The van der Waals surface area contributed by atoms with Crippen LogP contribution < -0.4 is 21.7 Å². The van der Waals surface area contributed by atoms with E-state index in [0.717, 1.165) is 0 Å². The monoisotopic (exact) mass is 246 g/mol. The van der Waals surface area contributed by atoms with E-state index in [1.54, 1.807) is 6.92 Å². The van der Waals surface area contributed by atoms with Crippen LogP contribution in [0.25, 0.3) is 0 Å². The van der Waals surface area contributed by atoms with E-state index in [2.05, 4.69) is 16.0 Å². The Bertz CT molecular complexity index is 282. The topological polar surface area (TPSA) is 134 Å². The molecule has 0 radical (unpaired) electrons. The first-order valence-electron chi connectivity index (χ1n) is 5.21. The average molecular weight is 246 g/mol. The molecule has 0 fully saturated rings. The molecule has 0 bridgehead atoms. The minimum atomic E-state index is -0.891. The Balaban J connectivity index is 3.47. The Morgan fingerprint density at radius 3 is 2.18 bits per heavy atom. The molecular weight excluding hydrogens is 228 g/mol. The maximum atomic E-state index is 11.1. The lowest BCUT2D eigenvalue weighted by Crippen LogP contribution is -2.42. The fraction of sp³-hybridized carbons (Fsp3) is 0.667. The number of primary amides is 1. The summed E-state index contributed by atoms with van der Waals surface area (Å²) in [7, 11) is 0. The molecule has 0 saturated heterocycles. The molecule has 6 N–H and O–H groups in total. The van der Waals surface area contributed by atoms with E-state index in [0.29, 0.717) is 6.42 Å². The van der Waals surface area contributed by atoms with Gasteiger partial charge in [0.05, 0.1) is 5.92 Å². The third-order valence-corrected chi connectivity index (χ3v) is 1.99. The van der Waals surface area contributed by atoms with Crippen LogP contribution in [0.3, 0.4) is 0 Å². The summed E-state index contributed by atoms with van der Waals surface area (Å²) in [5, 5.41) is 15.9. The van der Waals surface area contributed by atoms with Crippen molar-refractivity contribution in [3.63, 3.8) is 0 Å². The second-order valence-electron chi connectivity index (χ2n) is 3.50. The highest BCUT2D eigenvalue weighted by Crippen LogP contribution is 1.99. The second kappa shape index (κ2) is 8.20. The molecule has 4 amide bonds. The van der Waals surface area contributed by atoms with Gasteiger partial charge in [-0.2, -0.15) is 0 Å². The van der Waals surface area contributed by atoms with Crippen LogP contribution in [-0.2, 0) is 4.79 Å². The summed E-state index contributed by atoms with van der Waals surface area (Å²) in [4.78, 5) is 31.9. The Hall–Kier alpha value is -1.99. The zero-order valence-corrected chi connectivity index (χ0v) is 9.66. The third kappa shape index (κ3) is 8.97. The van der Waals surface area contributed by atoms with E-state index in [1.807, 2.05) is 0 Å². The van der Waals surface area contributed by atoms with E-state index in [-0.39, 0.29) is 19.6 Å². The molecule has 8 heteroatoms. The van der Waals surface area contributed by atoms with Gasteiger partial charge in [-0.15, -0.1) is 0 Å². The first-order valence-corrected chi connectivity index (χ1v) is 5.21. The number of urea groups is 2. The highest BCUT2D eigenvalue weighted by atomic mass is 16.4. The van der Waals surface area contributed by atoms with Crippen molar-refractivity contribution in [3.8, 4) is 0 Å². The Morgan fingerprint density at radius 1 is 1.12 bits per heavy atom. The Labute approximate surface area is 98.9 Å². The highest BCUT2D eigenvalue weighted by molar-refractivity contribution is 5.74. The largest absolute Gasteiger partial charge is 0.481 e. The van der Waals surface area contributed by atoms with Crippen molar-refractivity contribution in [1.29, 1.82) is 0 Å². The molecular formula is C9H18N4O4. The van der Waals surface area contributed by atoms with Gasteiger partial charge in [-0.1, -0.05) is 6.92 Å². The molecule has 0 aliphatic heterocycles. The van der Waals surface area contributed by atoms with E-state index >= 15 is 0 Å². The molecule has 0 aromatic rings. The van der Waals surface area contributed by atoms with Gasteiger partial charge >= 0.3 is 18.0 Å². The SMILES string of the molecule is CC(CCNC(=O)NCCNC(N)=O)C(=O)O. The number of amides is 4. The normalized spacial score (nSPS) is 11.4. The molecule has 0 aliphatic rings. The number of carbonyl (C=O) groups is 3. The summed E-state index contributed by atoms with van der Waals surface area (Å²) in [6, 6.07) is -1.06. The lowest BCUT2D eigenvalue weighted by molar-refractivity contribution is -0.141. The van der Waals surface area contributed by atoms with Crippen LogP contribution in [0, 0.1) is 5.92 Å². The van der Waals surface area contributed by atoms with Gasteiger partial charge in [0.1, 0.15) is 0 Å². The van der Waals surface area contributed by atoms with Crippen molar-refractivity contribution in [2.24, 2.45) is 11.7 Å². The maximum absolute atomic E-state index is 11.1. The molecule has 0 saturated carbocycles. The van der Waals surface area contributed by atoms with Crippen molar-refractivity contribution in [2.45, 2.75) is 13.3 Å². The zero-order valence-electron chi connectivity index (χ0n) is 9.66. The number of carboxylic acid groups (broad SMARTS) is 1. The molecule has 0 aliphatic carbocycles. The van der Waals surface area contributed by atoms with Gasteiger partial charge in [0.2, 0.25) is 0 Å². The molecule has 1 unspecified atom stereocenters. The van der Waals surface area contributed by atoms with Gasteiger partial charge < -0.3 is 26.8 Å². The van der Waals surface area contributed by atoms with Crippen LogP contribution in [0.15, 0.2) is 0 Å². The smallest absolute Gasteiger partial charge is 0.314 e. The van der Waals surface area contributed by atoms with Crippen LogP contribution >= 0.6 is 0 Å². The standard InChI is InChI=1S/C9H18N4O4/c1-6(7(14)15)2-3-12-9(17)13-5-4-11-8(10)16/h6H,2-5H2,1H3,(H,14,15)(H3,10,11,16)(H2,12,13,17). The van der Waals surface area contributed by atoms with E-state index in [1.165, 1.54) is 0 Å². The van der Waals surface area contributed by atoms with Crippen LogP contribution in [0.5, 0.6) is 0 Å². The van der Waals surface area contributed by atoms with Crippen LogP contribution in [0.1, 0.15) is 13.3 Å². The van der Waals surface area contributed by atoms with Crippen LogP contribution in [0.4, 0.5) is 9.59 Å². The lowest BCUT2D eigenvalue weighted by atomic mass is 10.1. The summed E-state index contributed by atoms with van der Waals surface area (Å²) in [5.41, 5.74) is 4.82. The summed E-state index contributed by atoms with van der Waals surface area (Å²) in [6.07, 6.45) is 0.363. The fourth-order valence-electron chi connectivity index (χ4n) is 0.950. The van der Waals surface area contributed by atoms with Gasteiger partial charge in [0, 0.05) is 19.6 Å². The van der Waals surface area contributed by atoms with Crippen molar-refractivity contribution < 1.29 is 19.5 Å². The zero-order chi connectivity index (χ0) is 13.3. The molecule has 0 aromatic carbocycles. The van der Waals surface area contributed by atoms with Gasteiger partial charge in [-0.25, -0.2) is 9.59 Å². The first-order chi connectivity index (χ1) is 7.93. The van der Waals surface area contributed by atoms with Crippen molar-refractivity contribution in [2.75, 3.05) is 19.6 Å². The predicted molar refractivity (Wildman–Crippen MR) is 60.4 cm³/mol. The van der Waals surface area contributed by atoms with E-state index in [4.69, 9.17) is 10.8 Å². The molecule has 98 valence electrons. The summed E-state index contributed by atoms with van der Waals surface area (Å²) in [6.45, 7) is 2.35. The fourth-order valence-corrected chi connectivity index (χ4v) is 0.950. The average Bonchev–Trinajstić information content (AvgIpc) is 2.23. The lowest BCUT2D eigenvalue weighted by Gasteiger charge is -2.09. The second-order valence-corrected chi connectivity index (χ2v) is 3.50. The molecule has 1 atom stereocenters. The third-order valence-electron chi connectivity index (χ3n) is 1.99. The highest BCUT2D eigenvalue weighted by Gasteiger charge is 2.10. The molecule has 8 nitrogen and oxygen atoms in total. The van der Waals surface area contributed by atoms with Gasteiger partial charge in [-0.3, -0.25) is 4.79 Å². The number of rotatable bonds is 7. The van der Waals surface area contributed by atoms with Gasteiger partial charge in [0.25, 0.3) is 0 Å². The number of carbonyl (C=O) groups excluding carboxylic acids is 2. The van der Waals surface area contributed by atoms with Crippen molar-refractivity contribution in [3.05, 3.63) is 0 Å². The number of hydrogen-bond donors (Lipinski definition) is 5. The molecule has 0 rings (SSSR count). The minimum Gasteiger partial charge on any atom is -0.481 e. The van der Waals surface area contributed by atoms with Gasteiger partial charge in [0.15, 0.2) is 0 Å². The van der Waals surface area contributed by atoms with Crippen LogP contribution in [0.2, 0.25) is 0 Å². The van der Waals surface area contributed by atoms with Gasteiger partial charge in [-0.05, 0) is 6.42 Å². The first kappa shape index (κ1) is 15.0. The number of nitrogens with two attached hydrogens (primary N) is 1. The molecule has 17 heavy (non-hydrogen) atoms. The van der Waals surface area contributed by atoms with Crippen molar-refractivity contribution >= 4 is 18.0 Å². The number of carboxylic acids is 1. The number of hydrogen-bond acceptors (Lipinski definition) is 3. The molecule has 0 heterocycles. The van der Waals surface area contributed by atoms with Crippen LogP contribution in [-0.4, -0.2) is 42.8 Å². The Kier molecular flexibility index (Phi) is 7.24. The molecule has 0 spiro atoms. The number of aliphatic carboxylic acids is 1. The maximum Gasteiger partial charge on any atom is 0.314 e. The summed E-state index contributed by atoms with van der Waals surface area (Å²) >= 11 is 0. The molecule has 0 aromatic heterocycles.